The molecule has 0 radical (unpaired) electrons. The second kappa shape index (κ2) is 8.25. The Kier molecular flexibility index (Phi) is 6.15. The van der Waals surface area contributed by atoms with Crippen molar-refractivity contribution in [3.8, 4) is 0 Å². The van der Waals surface area contributed by atoms with E-state index in [2.05, 4.69) is 65.8 Å². The van der Waals surface area contributed by atoms with E-state index in [1.54, 1.807) is 0 Å². The number of rotatable bonds is 5. The minimum atomic E-state index is 0.227. The van der Waals surface area contributed by atoms with Crippen LogP contribution < -0.4 is 0 Å². The second-order valence-electron chi connectivity index (χ2n) is 12.3. The predicted octanol–water partition coefficient (Wildman–Crippen LogP) is 7.86. The molecule has 1 heteroatoms. The quantitative estimate of drug-likeness (QED) is 0.421. The minimum absolute atomic E-state index is 0.227. The van der Waals surface area contributed by atoms with E-state index in [-0.39, 0.29) is 5.41 Å². The van der Waals surface area contributed by atoms with E-state index in [0.717, 1.165) is 42.9 Å². The largest absolute Gasteiger partial charge is 0.299 e. The van der Waals surface area contributed by atoms with Crippen molar-refractivity contribution in [1.82, 2.24) is 0 Å². The van der Waals surface area contributed by atoms with Crippen LogP contribution in [0.4, 0.5) is 0 Å². The van der Waals surface area contributed by atoms with E-state index in [1.165, 1.54) is 32.1 Å². The van der Waals surface area contributed by atoms with Gasteiger partial charge in [0.2, 0.25) is 0 Å². The van der Waals surface area contributed by atoms with Gasteiger partial charge in [0, 0.05) is 12.3 Å². The van der Waals surface area contributed by atoms with Crippen molar-refractivity contribution in [2.45, 2.75) is 92.9 Å². The molecule has 168 valence electrons. The molecule has 6 unspecified atom stereocenters. The molecule has 0 aromatic rings. The molecule has 3 saturated carbocycles. The molecule has 0 N–H and O–H groups in total. The Labute approximate surface area is 186 Å². The summed E-state index contributed by atoms with van der Waals surface area (Å²) in [5.74, 6) is 5.94. The fourth-order valence-corrected chi connectivity index (χ4v) is 8.84. The van der Waals surface area contributed by atoms with Gasteiger partial charge in [0.15, 0.2) is 0 Å². The molecule has 0 aromatic carbocycles. The van der Waals surface area contributed by atoms with Gasteiger partial charge in [-0.05, 0) is 97.2 Å². The summed E-state index contributed by atoms with van der Waals surface area (Å²) < 4.78 is 0. The normalized spacial score (nSPS) is 45.3. The van der Waals surface area contributed by atoms with Crippen molar-refractivity contribution in [3.05, 3.63) is 24.3 Å². The third-order valence-electron chi connectivity index (χ3n) is 10.7. The van der Waals surface area contributed by atoms with Crippen LogP contribution in [0.2, 0.25) is 0 Å². The number of carbonyl (C=O) groups is 1. The highest BCUT2D eigenvalue weighted by molar-refractivity contribution is 5.83. The first-order chi connectivity index (χ1) is 14.2. The summed E-state index contributed by atoms with van der Waals surface area (Å²) >= 11 is 0. The summed E-state index contributed by atoms with van der Waals surface area (Å²) in [5, 5.41) is 0. The van der Waals surface area contributed by atoms with Gasteiger partial charge >= 0.3 is 0 Å². The lowest BCUT2D eigenvalue weighted by Crippen LogP contribution is -2.55. The fourth-order valence-electron chi connectivity index (χ4n) is 8.84. The number of carbonyl (C=O) groups excluding carboxylic acids is 1. The molecular formula is C29H46O. The van der Waals surface area contributed by atoms with Crippen LogP contribution in [-0.2, 0) is 4.79 Å². The van der Waals surface area contributed by atoms with E-state index >= 15 is 0 Å². The highest BCUT2D eigenvalue weighted by atomic mass is 16.1. The Hall–Kier alpha value is -0.850. The first kappa shape index (κ1) is 22.3. The van der Waals surface area contributed by atoms with Gasteiger partial charge in [-0.2, -0.15) is 0 Å². The maximum absolute atomic E-state index is 13.2. The molecule has 4 rings (SSSR count). The van der Waals surface area contributed by atoms with Gasteiger partial charge in [0.25, 0.3) is 0 Å². The molecule has 0 aromatic heterocycles. The number of hydrogen-bond donors (Lipinski definition) is 0. The third kappa shape index (κ3) is 3.47. The van der Waals surface area contributed by atoms with Crippen molar-refractivity contribution < 1.29 is 4.79 Å². The summed E-state index contributed by atoms with van der Waals surface area (Å²) in [6, 6.07) is 0. The molecule has 0 heterocycles. The lowest BCUT2D eigenvalue weighted by molar-refractivity contribution is -0.149. The molecule has 0 amide bonds. The van der Waals surface area contributed by atoms with Gasteiger partial charge in [0.1, 0.15) is 5.78 Å². The van der Waals surface area contributed by atoms with Crippen molar-refractivity contribution in [1.29, 1.82) is 0 Å². The summed E-state index contributed by atoms with van der Waals surface area (Å²) in [5.41, 5.74) is 0.656. The molecule has 0 bridgehead atoms. The number of Topliss-reactive ketones (excluding diaryl/α,β-unsaturated/α-hetero) is 1. The SMILES string of the molecule is CC[C@H](/C=C/[C@@H](C)C1CCC2C3CC(=O)C4CC=CCC4(C)C3CC[C@@]21C)C(C)C. The topological polar surface area (TPSA) is 17.1 Å². The van der Waals surface area contributed by atoms with Crippen molar-refractivity contribution in [2.24, 2.45) is 58.2 Å². The zero-order chi connectivity index (χ0) is 21.7. The standard InChI is InChI=1S/C29H46O/c1-7-21(19(2)3)12-11-20(4)23-13-14-24-22-18-27(30)26-10-8-9-16-28(26,5)25(22)15-17-29(23,24)6/h8-9,11-12,19-26H,7,10,13-18H2,1-6H3/b12-11+/t20-,21-,22?,23?,24?,25?,26?,28?,29-/m1/s1. The van der Waals surface area contributed by atoms with E-state index in [9.17, 15) is 4.79 Å². The smallest absolute Gasteiger partial charge is 0.137 e. The van der Waals surface area contributed by atoms with Gasteiger partial charge < -0.3 is 0 Å². The Morgan fingerprint density at radius 3 is 2.47 bits per heavy atom. The zero-order valence-corrected chi connectivity index (χ0v) is 20.5. The molecule has 4 aliphatic carbocycles. The molecule has 0 saturated heterocycles. The number of fused-ring (bicyclic) bond motifs is 5. The average Bonchev–Trinajstić information content (AvgIpc) is 3.05. The Balaban J connectivity index is 1.54. The summed E-state index contributed by atoms with van der Waals surface area (Å²) in [6.45, 7) is 14.6. The van der Waals surface area contributed by atoms with Gasteiger partial charge in [-0.15, -0.1) is 0 Å². The van der Waals surface area contributed by atoms with Gasteiger partial charge in [-0.25, -0.2) is 0 Å². The minimum Gasteiger partial charge on any atom is -0.299 e. The van der Waals surface area contributed by atoms with Gasteiger partial charge in [0.05, 0.1) is 0 Å². The molecule has 3 fully saturated rings. The van der Waals surface area contributed by atoms with E-state index in [4.69, 9.17) is 0 Å². The van der Waals surface area contributed by atoms with Crippen LogP contribution in [0.25, 0.3) is 0 Å². The van der Waals surface area contributed by atoms with Crippen LogP contribution >= 0.6 is 0 Å². The van der Waals surface area contributed by atoms with Crippen LogP contribution in [0.5, 0.6) is 0 Å². The van der Waals surface area contributed by atoms with Crippen molar-refractivity contribution in [2.75, 3.05) is 0 Å². The summed E-state index contributed by atoms with van der Waals surface area (Å²) in [6.07, 6.45) is 19.4. The van der Waals surface area contributed by atoms with Crippen LogP contribution in [0.1, 0.15) is 92.9 Å². The van der Waals surface area contributed by atoms with Gasteiger partial charge in [-0.3, -0.25) is 4.79 Å². The van der Waals surface area contributed by atoms with Crippen molar-refractivity contribution >= 4 is 5.78 Å². The predicted molar refractivity (Wildman–Crippen MR) is 127 cm³/mol. The van der Waals surface area contributed by atoms with Crippen LogP contribution in [0, 0.1) is 58.2 Å². The molecular weight excluding hydrogens is 364 g/mol. The lowest BCUT2D eigenvalue weighted by atomic mass is 9.45. The first-order valence-corrected chi connectivity index (χ1v) is 13.1. The summed E-state index contributed by atoms with van der Waals surface area (Å²) in [7, 11) is 0. The highest BCUT2D eigenvalue weighted by Gasteiger charge is 2.61. The van der Waals surface area contributed by atoms with E-state index < -0.39 is 0 Å². The number of ketones is 1. The number of allylic oxidation sites excluding steroid dienone is 4. The van der Waals surface area contributed by atoms with Crippen LogP contribution in [0.15, 0.2) is 24.3 Å². The lowest BCUT2D eigenvalue weighted by Gasteiger charge is -2.59. The Morgan fingerprint density at radius 1 is 1.03 bits per heavy atom. The molecule has 4 aliphatic rings. The van der Waals surface area contributed by atoms with Crippen molar-refractivity contribution in [3.63, 3.8) is 0 Å². The fraction of sp³-hybridized carbons (Fsp3) is 0.828. The zero-order valence-electron chi connectivity index (χ0n) is 20.5. The van der Waals surface area contributed by atoms with E-state index in [1.807, 2.05) is 0 Å². The van der Waals surface area contributed by atoms with E-state index in [0.29, 0.717) is 34.9 Å². The van der Waals surface area contributed by atoms with Crippen LogP contribution in [-0.4, -0.2) is 5.78 Å². The monoisotopic (exact) mass is 410 g/mol. The third-order valence-corrected chi connectivity index (χ3v) is 10.7. The molecule has 9 atom stereocenters. The van der Waals surface area contributed by atoms with Crippen LogP contribution in [0.3, 0.4) is 0 Å². The molecule has 0 aliphatic heterocycles. The molecule has 0 spiro atoms. The second-order valence-corrected chi connectivity index (χ2v) is 12.3. The van der Waals surface area contributed by atoms with Gasteiger partial charge in [-0.1, -0.05) is 65.8 Å². The average molecular weight is 411 g/mol. The highest BCUT2D eigenvalue weighted by Crippen LogP contribution is 2.67. The molecule has 30 heavy (non-hydrogen) atoms. The maximum atomic E-state index is 13.2. The first-order valence-electron chi connectivity index (χ1n) is 13.1. The number of hydrogen-bond acceptors (Lipinski definition) is 1. The Bertz CT molecular complexity index is 701. The maximum Gasteiger partial charge on any atom is 0.137 e. The Morgan fingerprint density at radius 2 is 1.77 bits per heavy atom. The summed E-state index contributed by atoms with van der Waals surface area (Å²) in [4.78, 5) is 13.2. The molecule has 1 nitrogen and oxygen atoms in total.